The molecule has 1 aliphatic rings. The van der Waals surface area contributed by atoms with Crippen LogP contribution in [0, 0.1) is 0 Å². The summed E-state index contributed by atoms with van der Waals surface area (Å²) in [6.45, 7) is 4.66. The molecule has 1 aliphatic heterocycles. The number of rotatable bonds is 6. The zero-order chi connectivity index (χ0) is 18.0. The van der Waals surface area contributed by atoms with Crippen LogP contribution in [0.3, 0.4) is 0 Å². The maximum atomic E-state index is 10.9. The number of anilines is 2. The Morgan fingerprint density at radius 3 is 2.80 bits per heavy atom. The molecular formula is C13H21N6O5P. The molecule has 4 N–H and O–H groups in total. The molecule has 0 amide bonds. The topological polar surface area (TPSA) is 149 Å². The van der Waals surface area contributed by atoms with E-state index in [4.69, 9.17) is 25.0 Å². The van der Waals surface area contributed by atoms with Crippen molar-refractivity contribution in [1.82, 2.24) is 19.5 Å². The summed E-state index contributed by atoms with van der Waals surface area (Å²) >= 11 is 0. The van der Waals surface area contributed by atoms with E-state index < -0.39 is 20.0 Å². The van der Waals surface area contributed by atoms with Gasteiger partial charge in [0.15, 0.2) is 17.0 Å². The molecular weight excluding hydrogens is 351 g/mol. The lowest BCUT2D eigenvalue weighted by atomic mass is 10.3. The summed E-state index contributed by atoms with van der Waals surface area (Å²) in [7, 11) is -4.20. The van der Waals surface area contributed by atoms with Gasteiger partial charge in [0.1, 0.15) is 6.35 Å². The Morgan fingerprint density at radius 1 is 1.40 bits per heavy atom. The Balaban J connectivity index is 1.83. The van der Waals surface area contributed by atoms with Crippen molar-refractivity contribution in [2.45, 2.75) is 19.6 Å². The van der Waals surface area contributed by atoms with Crippen LogP contribution in [0.5, 0.6) is 0 Å². The van der Waals surface area contributed by atoms with E-state index in [1.807, 2.05) is 0 Å². The molecule has 3 rings (SSSR count). The van der Waals surface area contributed by atoms with E-state index in [0.717, 1.165) is 0 Å². The number of hydrogen-bond acceptors (Lipinski definition) is 8. The van der Waals surface area contributed by atoms with Gasteiger partial charge in [-0.15, -0.1) is 0 Å². The number of morpholine rings is 1. The van der Waals surface area contributed by atoms with Crippen LogP contribution in [0.4, 0.5) is 11.8 Å². The molecule has 0 bridgehead atoms. The predicted octanol–water partition coefficient (Wildman–Crippen LogP) is -0.215. The molecule has 11 nitrogen and oxygen atoms in total. The SMILES string of the molecule is C[C@H](Cn1cnc2c(N3CCOCC3)nc(N)nc21)OCP(=O)(O)O. The summed E-state index contributed by atoms with van der Waals surface area (Å²) < 4.78 is 23.2. The molecule has 2 aromatic heterocycles. The average Bonchev–Trinajstić information content (AvgIpc) is 2.95. The molecule has 0 radical (unpaired) electrons. The van der Waals surface area contributed by atoms with E-state index in [9.17, 15) is 4.57 Å². The number of nitrogen functional groups attached to an aromatic ring is 1. The number of hydrogen-bond donors (Lipinski definition) is 3. The molecule has 1 atom stereocenters. The molecule has 0 aromatic carbocycles. The number of ether oxygens (including phenoxy) is 2. The van der Waals surface area contributed by atoms with Crippen LogP contribution >= 0.6 is 7.60 Å². The van der Waals surface area contributed by atoms with Crippen molar-refractivity contribution in [3.05, 3.63) is 6.33 Å². The van der Waals surface area contributed by atoms with Gasteiger partial charge in [0, 0.05) is 13.1 Å². The minimum absolute atomic E-state index is 0.138. The van der Waals surface area contributed by atoms with Gasteiger partial charge in [0.2, 0.25) is 5.95 Å². The van der Waals surface area contributed by atoms with Crippen molar-refractivity contribution in [1.29, 1.82) is 0 Å². The van der Waals surface area contributed by atoms with Crippen molar-refractivity contribution < 1.29 is 23.8 Å². The predicted molar refractivity (Wildman–Crippen MR) is 90.2 cm³/mol. The number of imidazole rings is 1. The first-order valence-electron chi connectivity index (χ1n) is 7.81. The molecule has 0 saturated carbocycles. The highest BCUT2D eigenvalue weighted by molar-refractivity contribution is 7.51. The summed E-state index contributed by atoms with van der Waals surface area (Å²) in [5, 5.41) is 0. The van der Waals surface area contributed by atoms with Gasteiger partial charge in [-0.2, -0.15) is 9.97 Å². The minimum atomic E-state index is -4.20. The van der Waals surface area contributed by atoms with Crippen LogP contribution in [0.25, 0.3) is 11.2 Å². The van der Waals surface area contributed by atoms with E-state index in [0.29, 0.717) is 49.8 Å². The largest absolute Gasteiger partial charge is 0.378 e. The normalized spacial score (nSPS) is 17.2. The van der Waals surface area contributed by atoms with Gasteiger partial charge in [-0.05, 0) is 6.92 Å². The molecule has 0 aliphatic carbocycles. The van der Waals surface area contributed by atoms with Crippen LogP contribution in [0.2, 0.25) is 0 Å². The highest BCUT2D eigenvalue weighted by Gasteiger charge is 2.21. The number of fused-ring (bicyclic) bond motifs is 1. The first kappa shape index (κ1) is 18.0. The molecule has 1 saturated heterocycles. The van der Waals surface area contributed by atoms with Gasteiger partial charge in [-0.3, -0.25) is 4.57 Å². The van der Waals surface area contributed by atoms with Gasteiger partial charge in [0.25, 0.3) is 0 Å². The minimum Gasteiger partial charge on any atom is -0.378 e. The van der Waals surface area contributed by atoms with E-state index in [-0.39, 0.29) is 5.95 Å². The van der Waals surface area contributed by atoms with Crippen molar-refractivity contribution >= 4 is 30.5 Å². The summed E-state index contributed by atoms with van der Waals surface area (Å²) in [5.41, 5.74) is 7.03. The molecule has 0 unspecified atom stereocenters. The lowest BCUT2D eigenvalue weighted by molar-refractivity contribution is 0.0764. The van der Waals surface area contributed by atoms with Crippen LogP contribution in [0.1, 0.15) is 6.92 Å². The third kappa shape index (κ3) is 4.44. The standard InChI is InChI=1S/C13H21N6O5P/c1-9(24-8-25(20,21)22)6-19-7-15-10-11(16-13(14)17-12(10)19)18-2-4-23-5-3-18/h7,9H,2-6,8H2,1H3,(H2,14,16,17)(H2,20,21,22)/t9-/m1/s1. The highest BCUT2D eigenvalue weighted by Crippen LogP contribution is 2.34. The van der Waals surface area contributed by atoms with Crippen molar-refractivity contribution in [2.24, 2.45) is 0 Å². The van der Waals surface area contributed by atoms with Gasteiger partial charge >= 0.3 is 7.60 Å². The Morgan fingerprint density at radius 2 is 2.12 bits per heavy atom. The first-order chi connectivity index (χ1) is 11.8. The van der Waals surface area contributed by atoms with Gasteiger partial charge in [-0.1, -0.05) is 0 Å². The fourth-order valence-corrected chi connectivity index (χ4v) is 3.08. The van der Waals surface area contributed by atoms with Crippen molar-refractivity contribution in [3.63, 3.8) is 0 Å². The summed E-state index contributed by atoms with van der Waals surface area (Å²) in [6.07, 6.45) is 0.532. The second-order valence-electron chi connectivity index (χ2n) is 5.85. The summed E-state index contributed by atoms with van der Waals surface area (Å²) in [4.78, 5) is 32.8. The van der Waals surface area contributed by atoms with Crippen LogP contribution in [-0.2, 0) is 20.6 Å². The first-order valence-corrected chi connectivity index (χ1v) is 9.60. The monoisotopic (exact) mass is 372 g/mol. The van der Waals surface area contributed by atoms with Crippen LogP contribution < -0.4 is 10.6 Å². The molecule has 25 heavy (non-hydrogen) atoms. The van der Waals surface area contributed by atoms with Gasteiger partial charge < -0.3 is 34.5 Å². The van der Waals surface area contributed by atoms with Gasteiger partial charge in [-0.25, -0.2) is 4.98 Å². The Bertz CT molecular complexity index is 787. The Hall–Kier alpha value is -1.78. The second-order valence-corrected chi connectivity index (χ2v) is 7.43. The van der Waals surface area contributed by atoms with Crippen molar-refractivity contribution in [3.8, 4) is 0 Å². The number of nitrogens with two attached hydrogens (primary N) is 1. The third-order valence-electron chi connectivity index (χ3n) is 3.75. The lowest BCUT2D eigenvalue weighted by Crippen LogP contribution is -2.37. The Kier molecular flexibility index (Phi) is 5.21. The number of aromatic nitrogens is 4. The summed E-state index contributed by atoms with van der Waals surface area (Å²) in [6, 6.07) is 0. The van der Waals surface area contributed by atoms with E-state index in [2.05, 4.69) is 19.9 Å². The van der Waals surface area contributed by atoms with E-state index in [1.165, 1.54) is 0 Å². The van der Waals surface area contributed by atoms with Crippen LogP contribution in [0.15, 0.2) is 6.33 Å². The molecule has 2 aromatic rings. The quantitative estimate of drug-likeness (QED) is 0.581. The highest BCUT2D eigenvalue weighted by atomic mass is 31.2. The summed E-state index contributed by atoms with van der Waals surface area (Å²) in [5.74, 6) is 0.799. The zero-order valence-electron chi connectivity index (χ0n) is 13.8. The fraction of sp³-hybridized carbons (Fsp3) is 0.615. The smallest absolute Gasteiger partial charge is 0.350 e. The number of nitrogens with zero attached hydrogens (tertiary/aromatic N) is 5. The molecule has 1 fully saturated rings. The Labute approximate surface area is 143 Å². The molecule has 0 spiro atoms. The lowest BCUT2D eigenvalue weighted by Gasteiger charge is -2.27. The maximum absolute atomic E-state index is 10.9. The maximum Gasteiger partial charge on any atom is 0.350 e. The third-order valence-corrected chi connectivity index (χ3v) is 4.24. The zero-order valence-corrected chi connectivity index (χ0v) is 14.7. The van der Waals surface area contributed by atoms with E-state index >= 15 is 0 Å². The molecule has 138 valence electrons. The molecule has 3 heterocycles. The van der Waals surface area contributed by atoms with E-state index in [1.54, 1.807) is 17.8 Å². The van der Waals surface area contributed by atoms with Crippen molar-refractivity contribution in [2.75, 3.05) is 43.3 Å². The average molecular weight is 372 g/mol. The van der Waals surface area contributed by atoms with Crippen LogP contribution in [-0.4, -0.2) is 68.1 Å². The van der Waals surface area contributed by atoms with Gasteiger partial charge in [0.05, 0.1) is 32.2 Å². The molecule has 12 heteroatoms. The second kappa shape index (κ2) is 7.22. The fourth-order valence-electron chi connectivity index (χ4n) is 2.63.